The molecule has 0 fully saturated rings. The zero-order chi connectivity index (χ0) is 17.1. The minimum Gasteiger partial charge on any atom is -0.508 e. The summed E-state index contributed by atoms with van der Waals surface area (Å²) in [5, 5.41) is 20.6. The molecule has 0 unspecified atom stereocenters. The molecule has 0 saturated carbocycles. The lowest BCUT2D eigenvalue weighted by Gasteiger charge is -2.14. The Kier molecular flexibility index (Phi) is 4.85. The zero-order valence-corrected chi connectivity index (χ0v) is 13.1. The summed E-state index contributed by atoms with van der Waals surface area (Å²) in [6.07, 6.45) is 0. The summed E-state index contributed by atoms with van der Waals surface area (Å²) < 4.78 is 13.2. The van der Waals surface area contributed by atoms with Crippen LogP contribution in [0, 0.1) is 15.9 Å². The minimum absolute atomic E-state index is 0.0897. The van der Waals surface area contributed by atoms with Crippen LogP contribution < -0.4 is 0 Å². The highest BCUT2D eigenvalue weighted by Gasteiger charge is 2.20. The Morgan fingerprint density at radius 2 is 1.87 bits per heavy atom. The van der Waals surface area contributed by atoms with Gasteiger partial charge in [-0.25, -0.2) is 4.39 Å². The first kappa shape index (κ1) is 16.8. The lowest BCUT2D eigenvalue weighted by atomic mass is 10.2. The highest BCUT2D eigenvalue weighted by atomic mass is 32.2. The Morgan fingerprint density at radius 1 is 1.22 bits per heavy atom. The molecule has 0 aliphatic rings. The van der Waals surface area contributed by atoms with Gasteiger partial charge in [-0.05, 0) is 30.3 Å². The molecule has 1 N–H and O–H groups in total. The molecule has 0 aliphatic heterocycles. The predicted molar refractivity (Wildman–Crippen MR) is 83.3 cm³/mol. The molecular weight excluding hydrogens is 323 g/mol. The monoisotopic (exact) mass is 336 g/mol. The van der Waals surface area contributed by atoms with Crippen molar-refractivity contribution in [3.05, 3.63) is 57.9 Å². The Bertz CT molecular complexity index is 780. The lowest BCUT2D eigenvalue weighted by molar-refractivity contribution is -0.387. The summed E-state index contributed by atoms with van der Waals surface area (Å²) in [5.41, 5.74) is -0.176. The molecule has 2 aromatic rings. The summed E-state index contributed by atoms with van der Waals surface area (Å²) in [6, 6.07) is 7.39. The van der Waals surface area contributed by atoms with E-state index in [0.29, 0.717) is 4.90 Å². The summed E-state index contributed by atoms with van der Waals surface area (Å²) in [7, 11) is 3.11. The molecule has 0 atom stereocenters. The number of rotatable bonds is 4. The molecule has 0 aliphatic carbocycles. The number of carbonyl (C=O) groups is 1. The number of amides is 1. The van der Waals surface area contributed by atoms with Crippen LogP contribution in [0.3, 0.4) is 0 Å². The van der Waals surface area contributed by atoms with Gasteiger partial charge in [0.15, 0.2) is 0 Å². The third kappa shape index (κ3) is 3.78. The predicted octanol–water partition coefficient (Wildman–Crippen LogP) is 3.29. The SMILES string of the molecule is CN(C)C(=O)c1cc(O)ccc1Sc1ccc(F)cc1[N+](=O)[O-]. The van der Waals surface area contributed by atoms with Crippen LogP contribution >= 0.6 is 11.8 Å². The number of aromatic hydroxyl groups is 1. The number of hydrogen-bond acceptors (Lipinski definition) is 5. The van der Waals surface area contributed by atoms with Crippen molar-refractivity contribution in [3.63, 3.8) is 0 Å². The van der Waals surface area contributed by atoms with E-state index in [9.17, 15) is 24.4 Å². The maximum Gasteiger partial charge on any atom is 0.286 e. The van der Waals surface area contributed by atoms with Gasteiger partial charge < -0.3 is 10.0 Å². The third-order valence-corrected chi connectivity index (χ3v) is 4.08. The number of phenols is 1. The topological polar surface area (TPSA) is 83.7 Å². The van der Waals surface area contributed by atoms with Crippen molar-refractivity contribution in [1.29, 1.82) is 0 Å². The van der Waals surface area contributed by atoms with E-state index in [1.54, 1.807) is 14.1 Å². The van der Waals surface area contributed by atoms with Crippen LogP contribution in [-0.2, 0) is 0 Å². The second kappa shape index (κ2) is 6.66. The number of halogens is 1. The second-order valence-electron chi connectivity index (χ2n) is 4.85. The molecule has 0 aromatic heterocycles. The highest BCUT2D eigenvalue weighted by Crippen LogP contribution is 2.38. The number of benzene rings is 2. The highest BCUT2D eigenvalue weighted by molar-refractivity contribution is 7.99. The Morgan fingerprint density at radius 3 is 2.48 bits per heavy atom. The fourth-order valence-corrected chi connectivity index (χ4v) is 2.86. The average Bonchev–Trinajstić information content (AvgIpc) is 2.49. The van der Waals surface area contributed by atoms with Crippen molar-refractivity contribution in [1.82, 2.24) is 4.90 Å². The molecular formula is C15H13FN2O4S. The summed E-state index contributed by atoms with van der Waals surface area (Å²) in [6.45, 7) is 0. The quantitative estimate of drug-likeness (QED) is 0.684. The van der Waals surface area contributed by atoms with Gasteiger partial charge in [0.1, 0.15) is 11.6 Å². The first-order valence-electron chi connectivity index (χ1n) is 6.46. The molecule has 23 heavy (non-hydrogen) atoms. The van der Waals surface area contributed by atoms with Crippen molar-refractivity contribution in [2.45, 2.75) is 9.79 Å². The largest absolute Gasteiger partial charge is 0.508 e. The Labute approximate surface area is 135 Å². The summed E-state index contributed by atoms with van der Waals surface area (Å²) in [5.74, 6) is -1.15. The van der Waals surface area contributed by atoms with Gasteiger partial charge in [-0.3, -0.25) is 14.9 Å². The van der Waals surface area contributed by atoms with Gasteiger partial charge in [-0.1, -0.05) is 11.8 Å². The fourth-order valence-electron chi connectivity index (χ4n) is 1.85. The number of nitro benzene ring substituents is 1. The van der Waals surface area contributed by atoms with Crippen LogP contribution in [0.4, 0.5) is 10.1 Å². The smallest absolute Gasteiger partial charge is 0.286 e. The molecule has 120 valence electrons. The maximum atomic E-state index is 13.2. The van der Waals surface area contributed by atoms with E-state index in [0.717, 1.165) is 23.9 Å². The van der Waals surface area contributed by atoms with Gasteiger partial charge >= 0.3 is 0 Å². The van der Waals surface area contributed by atoms with Crippen LogP contribution in [0.25, 0.3) is 0 Å². The van der Waals surface area contributed by atoms with Crippen LogP contribution in [-0.4, -0.2) is 34.9 Å². The standard InChI is InChI=1S/C15H13FN2O4S/c1-17(2)15(20)11-8-10(19)4-6-13(11)23-14-5-3-9(16)7-12(14)18(21)22/h3-8,19H,1-2H3. The van der Waals surface area contributed by atoms with E-state index in [1.807, 2.05) is 0 Å². The molecule has 6 nitrogen and oxygen atoms in total. The Balaban J connectivity index is 2.49. The summed E-state index contributed by atoms with van der Waals surface area (Å²) >= 11 is 0.965. The number of nitro groups is 1. The second-order valence-corrected chi connectivity index (χ2v) is 5.94. The first-order chi connectivity index (χ1) is 10.8. The molecule has 0 spiro atoms. The number of nitrogens with zero attached hydrogens (tertiary/aromatic N) is 2. The van der Waals surface area contributed by atoms with Gasteiger partial charge in [0.05, 0.1) is 21.4 Å². The van der Waals surface area contributed by atoms with Gasteiger partial charge in [0, 0.05) is 19.0 Å². The minimum atomic E-state index is -0.712. The number of hydrogen-bond donors (Lipinski definition) is 1. The van der Waals surface area contributed by atoms with Gasteiger partial charge in [0.25, 0.3) is 11.6 Å². The first-order valence-corrected chi connectivity index (χ1v) is 7.27. The molecule has 0 bridgehead atoms. The van der Waals surface area contributed by atoms with E-state index in [1.165, 1.54) is 29.2 Å². The third-order valence-electron chi connectivity index (χ3n) is 2.94. The average molecular weight is 336 g/mol. The van der Waals surface area contributed by atoms with Crippen LogP contribution in [0.2, 0.25) is 0 Å². The van der Waals surface area contributed by atoms with E-state index < -0.39 is 10.7 Å². The molecule has 0 radical (unpaired) electrons. The van der Waals surface area contributed by atoms with Crippen LogP contribution in [0.1, 0.15) is 10.4 Å². The van der Waals surface area contributed by atoms with Crippen molar-refractivity contribution in [3.8, 4) is 5.75 Å². The zero-order valence-electron chi connectivity index (χ0n) is 12.3. The van der Waals surface area contributed by atoms with E-state index in [2.05, 4.69) is 0 Å². The van der Waals surface area contributed by atoms with Crippen molar-refractivity contribution < 1.29 is 19.2 Å². The van der Waals surface area contributed by atoms with E-state index >= 15 is 0 Å². The van der Waals surface area contributed by atoms with Crippen molar-refractivity contribution >= 4 is 23.4 Å². The number of carbonyl (C=O) groups excluding carboxylic acids is 1. The van der Waals surface area contributed by atoms with Crippen molar-refractivity contribution in [2.75, 3.05) is 14.1 Å². The normalized spacial score (nSPS) is 10.4. The summed E-state index contributed by atoms with van der Waals surface area (Å²) in [4.78, 5) is 24.5. The van der Waals surface area contributed by atoms with E-state index in [-0.39, 0.29) is 27.8 Å². The van der Waals surface area contributed by atoms with Crippen molar-refractivity contribution in [2.24, 2.45) is 0 Å². The lowest BCUT2D eigenvalue weighted by Crippen LogP contribution is -2.22. The van der Waals surface area contributed by atoms with E-state index in [4.69, 9.17) is 0 Å². The molecule has 1 amide bonds. The molecule has 2 aromatic carbocycles. The molecule has 0 saturated heterocycles. The van der Waals surface area contributed by atoms with Crippen LogP contribution in [0.15, 0.2) is 46.2 Å². The maximum absolute atomic E-state index is 13.2. The van der Waals surface area contributed by atoms with Gasteiger partial charge in [-0.15, -0.1) is 0 Å². The van der Waals surface area contributed by atoms with Crippen LogP contribution in [0.5, 0.6) is 5.75 Å². The number of phenolic OH excluding ortho intramolecular Hbond substituents is 1. The van der Waals surface area contributed by atoms with Gasteiger partial charge in [-0.2, -0.15) is 0 Å². The fraction of sp³-hybridized carbons (Fsp3) is 0.133. The molecule has 0 heterocycles. The van der Waals surface area contributed by atoms with Gasteiger partial charge in [0.2, 0.25) is 0 Å². The molecule has 2 rings (SSSR count). The molecule has 8 heteroatoms. The Hall–Kier alpha value is -2.61.